The molecule has 0 amide bonds. The number of nitrogens with zero attached hydrogens (tertiary/aromatic N) is 1. The molecule has 0 radical (unpaired) electrons. The Morgan fingerprint density at radius 2 is 1.95 bits per heavy atom. The lowest BCUT2D eigenvalue weighted by atomic mass is 10.2. The molecule has 0 spiro atoms. The van der Waals surface area contributed by atoms with Crippen LogP contribution in [0.25, 0.3) is 0 Å². The molecule has 2 rings (SSSR count). The Labute approximate surface area is 119 Å². The Morgan fingerprint density at radius 3 is 2.63 bits per heavy atom. The van der Waals surface area contributed by atoms with Gasteiger partial charge in [-0.05, 0) is 29.8 Å². The summed E-state index contributed by atoms with van der Waals surface area (Å²) in [5.41, 5.74) is 6.99. The summed E-state index contributed by atoms with van der Waals surface area (Å²) < 4.78 is 28.0. The highest BCUT2D eigenvalue weighted by molar-refractivity contribution is 9.10. The molecule has 2 aromatic carbocycles. The Balaban J connectivity index is 2.30. The van der Waals surface area contributed by atoms with Crippen molar-refractivity contribution in [2.45, 2.75) is 6.54 Å². The quantitative estimate of drug-likeness (QED) is 0.865. The minimum atomic E-state index is -0.919. The molecule has 0 saturated heterocycles. The molecular weight excluding hydrogens is 314 g/mol. The molecule has 0 unspecified atom stereocenters. The third-order valence-corrected chi connectivity index (χ3v) is 3.28. The highest BCUT2D eigenvalue weighted by atomic mass is 79.9. The third kappa shape index (κ3) is 3.04. The molecule has 5 heteroatoms. The Kier molecular flexibility index (Phi) is 4.04. The van der Waals surface area contributed by atoms with Gasteiger partial charge in [-0.3, -0.25) is 0 Å². The van der Waals surface area contributed by atoms with Gasteiger partial charge >= 0.3 is 0 Å². The van der Waals surface area contributed by atoms with E-state index >= 15 is 0 Å². The molecule has 2 N–H and O–H groups in total. The van der Waals surface area contributed by atoms with Crippen LogP contribution >= 0.6 is 15.9 Å². The lowest BCUT2D eigenvalue weighted by molar-refractivity contribution is 0.508. The lowest BCUT2D eigenvalue weighted by Gasteiger charge is -2.22. The van der Waals surface area contributed by atoms with Crippen LogP contribution in [0.1, 0.15) is 5.56 Å². The molecule has 0 aliphatic carbocycles. The van der Waals surface area contributed by atoms with E-state index in [0.29, 0.717) is 6.54 Å². The van der Waals surface area contributed by atoms with Crippen LogP contribution in [-0.4, -0.2) is 7.05 Å². The van der Waals surface area contributed by atoms with Crippen LogP contribution in [0.3, 0.4) is 0 Å². The van der Waals surface area contributed by atoms with Crippen molar-refractivity contribution in [2.24, 2.45) is 0 Å². The summed E-state index contributed by atoms with van der Waals surface area (Å²) in [4.78, 5) is 1.59. The fraction of sp³-hybridized carbons (Fsp3) is 0.143. The van der Waals surface area contributed by atoms with Crippen molar-refractivity contribution < 1.29 is 8.78 Å². The van der Waals surface area contributed by atoms with Crippen LogP contribution in [-0.2, 0) is 6.54 Å². The van der Waals surface area contributed by atoms with Gasteiger partial charge in [-0.15, -0.1) is 0 Å². The number of nitrogens with two attached hydrogens (primary N) is 1. The fourth-order valence-corrected chi connectivity index (χ4v) is 2.38. The lowest BCUT2D eigenvalue weighted by Crippen LogP contribution is -2.19. The number of halogens is 3. The average Bonchev–Trinajstić information content (AvgIpc) is 2.34. The van der Waals surface area contributed by atoms with E-state index < -0.39 is 11.6 Å². The topological polar surface area (TPSA) is 29.3 Å². The van der Waals surface area contributed by atoms with Crippen molar-refractivity contribution in [3.8, 4) is 0 Å². The minimum absolute atomic E-state index is 0.0833. The number of benzene rings is 2. The second-order valence-electron chi connectivity index (χ2n) is 4.29. The molecule has 0 aliphatic rings. The fourth-order valence-electron chi connectivity index (χ4n) is 1.93. The van der Waals surface area contributed by atoms with E-state index in [4.69, 9.17) is 5.73 Å². The zero-order valence-corrected chi connectivity index (χ0v) is 11.9. The van der Waals surface area contributed by atoms with Crippen molar-refractivity contribution >= 4 is 27.3 Å². The normalized spacial score (nSPS) is 10.5. The number of hydrogen-bond acceptors (Lipinski definition) is 2. The zero-order valence-electron chi connectivity index (χ0n) is 10.3. The number of anilines is 2. The number of hydrogen-bond donors (Lipinski definition) is 1. The summed E-state index contributed by atoms with van der Waals surface area (Å²) in [6.45, 7) is 0.435. The van der Waals surface area contributed by atoms with E-state index in [1.165, 1.54) is 6.07 Å². The summed E-state index contributed by atoms with van der Waals surface area (Å²) in [5, 5.41) is 0. The van der Waals surface area contributed by atoms with Crippen LogP contribution in [0.2, 0.25) is 0 Å². The second-order valence-corrected chi connectivity index (χ2v) is 5.20. The number of rotatable bonds is 3. The van der Waals surface area contributed by atoms with Crippen LogP contribution in [0.4, 0.5) is 20.2 Å². The van der Waals surface area contributed by atoms with Gasteiger partial charge in [0.15, 0.2) is 11.6 Å². The minimum Gasteiger partial charge on any atom is -0.397 e. The maximum atomic E-state index is 13.8. The predicted octanol–water partition coefficient (Wildman–Crippen LogP) is 3.95. The molecule has 2 nitrogen and oxygen atoms in total. The highest BCUT2D eigenvalue weighted by Crippen LogP contribution is 2.29. The van der Waals surface area contributed by atoms with E-state index in [9.17, 15) is 8.78 Å². The van der Waals surface area contributed by atoms with Crippen LogP contribution in [0.5, 0.6) is 0 Å². The first-order valence-electron chi connectivity index (χ1n) is 5.68. The van der Waals surface area contributed by atoms with Crippen molar-refractivity contribution in [3.05, 3.63) is 58.1 Å². The summed E-state index contributed by atoms with van der Waals surface area (Å²) in [6, 6.07) is 10.0. The smallest absolute Gasteiger partial charge is 0.184 e. The summed E-state index contributed by atoms with van der Waals surface area (Å²) in [6.07, 6.45) is 0. The van der Waals surface area contributed by atoms with Gasteiger partial charge in [0.25, 0.3) is 0 Å². The van der Waals surface area contributed by atoms with Gasteiger partial charge in [-0.2, -0.15) is 0 Å². The molecular formula is C14H13BrF2N2. The summed E-state index contributed by atoms with van der Waals surface area (Å²) >= 11 is 3.37. The van der Waals surface area contributed by atoms with E-state index in [2.05, 4.69) is 15.9 Å². The van der Waals surface area contributed by atoms with Gasteiger partial charge in [0.2, 0.25) is 0 Å². The highest BCUT2D eigenvalue weighted by Gasteiger charge is 2.16. The van der Waals surface area contributed by atoms with Crippen molar-refractivity contribution in [3.63, 3.8) is 0 Å². The molecule has 0 aliphatic heterocycles. The van der Waals surface area contributed by atoms with E-state index in [0.717, 1.165) is 16.1 Å². The average molecular weight is 327 g/mol. The molecule has 0 heterocycles. The molecule has 100 valence electrons. The molecule has 0 bridgehead atoms. The van der Waals surface area contributed by atoms with Gasteiger partial charge in [-0.1, -0.05) is 28.1 Å². The monoisotopic (exact) mass is 326 g/mol. The van der Waals surface area contributed by atoms with Crippen LogP contribution in [0.15, 0.2) is 40.9 Å². The van der Waals surface area contributed by atoms with E-state index in [1.54, 1.807) is 11.9 Å². The molecule has 0 fully saturated rings. The predicted molar refractivity (Wildman–Crippen MR) is 77.0 cm³/mol. The van der Waals surface area contributed by atoms with Crippen LogP contribution in [0, 0.1) is 11.6 Å². The third-order valence-electron chi connectivity index (χ3n) is 2.79. The van der Waals surface area contributed by atoms with Crippen molar-refractivity contribution in [2.75, 3.05) is 17.7 Å². The van der Waals surface area contributed by atoms with E-state index in [1.807, 2.05) is 24.3 Å². The Morgan fingerprint density at radius 1 is 1.21 bits per heavy atom. The van der Waals surface area contributed by atoms with Crippen molar-refractivity contribution in [1.29, 1.82) is 0 Å². The van der Waals surface area contributed by atoms with Gasteiger partial charge in [-0.25, -0.2) is 8.78 Å². The standard InChI is InChI=1S/C14H13BrF2N2/c1-19(8-9-3-2-4-10(15)7-9)14-12(18)6-5-11(16)13(14)17/h2-7H,8,18H2,1H3. The second kappa shape index (κ2) is 5.57. The summed E-state index contributed by atoms with van der Waals surface area (Å²) in [5.74, 6) is -1.82. The zero-order chi connectivity index (χ0) is 14.0. The van der Waals surface area contributed by atoms with Crippen molar-refractivity contribution in [1.82, 2.24) is 0 Å². The maximum absolute atomic E-state index is 13.8. The molecule has 0 saturated carbocycles. The number of nitrogen functional groups attached to an aromatic ring is 1. The maximum Gasteiger partial charge on any atom is 0.184 e. The van der Waals surface area contributed by atoms with Gasteiger partial charge in [0.05, 0.1) is 11.4 Å². The first-order chi connectivity index (χ1) is 8.99. The first-order valence-corrected chi connectivity index (χ1v) is 6.47. The molecule has 19 heavy (non-hydrogen) atoms. The largest absolute Gasteiger partial charge is 0.397 e. The molecule has 0 aromatic heterocycles. The van der Waals surface area contributed by atoms with Gasteiger partial charge < -0.3 is 10.6 Å². The van der Waals surface area contributed by atoms with Crippen LogP contribution < -0.4 is 10.6 Å². The molecule has 2 aromatic rings. The Bertz CT molecular complexity index is 602. The first kappa shape index (κ1) is 13.8. The van der Waals surface area contributed by atoms with Gasteiger partial charge in [0.1, 0.15) is 0 Å². The Hall–Kier alpha value is -1.62. The van der Waals surface area contributed by atoms with Gasteiger partial charge in [0, 0.05) is 18.1 Å². The molecule has 0 atom stereocenters. The summed E-state index contributed by atoms with van der Waals surface area (Å²) in [7, 11) is 1.68. The SMILES string of the molecule is CN(Cc1cccc(Br)c1)c1c(N)ccc(F)c1F. The van der Waals surface area contributed by atoms with E-state index in [-0.39, 0.29) is 11.4 Å².